The van der Waals surface area contributed by atoms with Gasteiger partial charge in [-0.1, -0.05) is 13.3 Å². The second-order valence-electron chi connectivity index (χ2n) is 3.62. The van der Waals surface area contributed by atoms with Crippen LogP contribution in [0.15, 0.2) is 0 Å². The van der Waals surface area contributed by atoms with Crippen molar-refractivity contribution in [2.45, 2.75) is 32.6 Å². The number of halogens is 1. The molecule has 0 aliphatic carbocycles. The van der Waals surface area contributed by atoms with E-state index in [0.29, 0.717) is 26.1 Å². The van der Waals surface area contributed by atoms with Crippen LogP contribution in [0.5, 0.6) is 0 Å². The zero-order valence-electron chi connectivity index (χ0n) is 10.4. The first-order valence-electron chi connectivity index (χ1n) is 5.73. The average molecular weight is 253 g/mol. The summed E-state index contributed by atoms with van der Waals surface area (Å²) in [4.78, 5) is 13.6. The summed E-state index contributed by atoms with van der Waals surface area (Å²) in [6.07, 6.45) is 3.49. The molecular weight excluding hydrogens is 228 g/mol. The average Bonchev–Trinajstić information content (AvgIpc) is 2.26. The molecule has 1 amide bonds. The fourth-order valence-corrected chi connectivity index (χ4v) is 1.32. The highest BCUT2D eigenvalue weighted by Gasteiger charge is 2.11. The highest BCUT2D eigenvalue weighted by molar-refractivity contribution is 5.85. The van der Waals surface area contributed by atoms with Gasteiger partial charge in [-0.05, 0) is 19.4 Å². The molecule has 0 spiro atoms. The normalized spacial score (nSPS) is 9.69. The van der Waals surface area contributed by atoms with E-state index in [4.69, 9.17) is 10.5 Å². The Hall–Kier alpha value is -0.320. The molecule has 5 heteroatoms. The van der Waals surface area contributed by atoms with E-state index in [1.54, 1.807) is 7.11 Å². The maximum atomic E-state index is 11.7. The lowest BCUT2D eigenvalue weighted by molar-refractivity contribution is -0.132. The molecule has 0 fully saturated rings. The van der Waals surface area contributed by atoms with E-state index >= 15 is 0 Å². The van der Waals surface area contributed by atoms with E-state index in [-0.39, 0.29) is 18.3 Å². The monoisotopic (exact) mass is 252 g/mol. The van der Waals surface area contributed by atoms with Crippen LogP contribution in [-0.4, -0.2) is 44.2 Å². The first kappa shape index (κ1) is 18.1. The molecule has 0 aromatic heterocycles. The van der Waals surface area contributed by atoms with Crippen molar-refractivity contribution in [3.63, 3.8) is 0 Å². The first-order valence-corrected chi connectivity index (χ1v) is 5.73. The minimum absolute atomic E-state index is 0. The Morgan fingerprint density at radius 3 is 2.50 bits per heavy atom. The van der Waals surface area contributed by atoms with Gasteiger partial charge in [0.2, 0.25) is 5.91 Å². The molecule has 0 heterocycles. The number of carbonyl (C=O) groups is 1. The van der Waals surface area contributed by atoms with E-state index in [2.05, 4.69) is 6.92 Å². The number of methoxy groups -OCH3 is 1. The van der Waals surface area contributed by atoms with Gasteiger partial charge in [-0.15, -0.1) is 12.4 Å². The summed E-state index contributed by atoms with van der Waals surface area (Å²) in [5, 5.41) is 0. The fourth-order valence-electron chi connectivity index (χ4n) is 1.32. The van der Waals surface area contributed by atoms with E-state index in [9.17, 15) is 4.79 Å². The van der Waals surface area contributed by atoms with E-state index in [1.807, 2.05) is 4.90 Å². The van der Waals surface area contributed by atoms with Crippen LogP contribution in [-0.2, 0) is 9.53 Å². The van der Waals surface area contributed by atoms with Gasteiger partial charge >= 0.3 is 0 Å². The van der Waals surface area contributed by atoms with Gasteiger partial charge in [0.1, 0.15) is 0 Å². The number of carbonyl (C=O) groups excluding carboxylic acids is 1. The third-order valence-corrected chi connectivity index (χ3v) is 2.29. The zero-order valence-corrected chi connectivity index (χ0v) is 11.2. The van der Waals surface area contributed by atoms with Crippen LogP contribution in [0.25, 0.3) is 0 Å². The zero-order chi connectivity index (χ0) is 11.5. The minimum Gasteiger partial charge on any atom is -0.383 e. The van der Waals surface area contributed by atoms with Crippen molar-refractivity contribution in [2.75, 3.05) is 33.4 Å². The fraction of sp³-hybridized carbons (Fsp3) is 0.909. The van der Waals surface area contributed by atoms with Crippen molar-refractivity contribution in [3.8, 4) is 0 Å². The van der Waals surface area contributed by atoms with Crippen molar-refractivity contribution in [1.82, 2.24) is 4.90 Å². The topological polar surface area (TPSA) is 55.6 Å². The van der Waals surface area contributed by atoms with Gasteiger partial charge in [-0.2, -0.15) is 0 Å². The van der Waals surface area contributed by atoms with Crippen LogP contribution in [0.3, 0.4) is 0 Å². The number of unbranched alkanes of at least 4 members (excludes halogenated alkanes) is 1. The molecule has 0 aromatic rings. The summed E-state index contributed by atoms with van der Waals surface area (Å²) >= 11 is 0. The Labute approximate surface area is 105 Å². The largest absolute Gasteiger partial charge is 0.383 e. The highest BCUT2D eigenvalue weighted by atomic mass is 35.5. The number of hydrogen-bond acceptors (Lipinski definition) is 3. The Morgan fingerprint density at radius 1 is 1.31 bits per heavy atom. The standard InChI is InChI=1S/C11H24N2O2.ClH/c1-3-4-8-13(9-10-15-2)11(14)6-5-7-12;/h3-10,12H2,1-2H3;1H. The second kappa shape index (κ2) is 12.7. The second-order valence-corrected chi connectivity index (χ2v) is 3.62. The van der Waals surface area contributed by atoms with Gasteiger partial charge < -0.3 is 15.4 Å². The maximum absolute atomic E-state index is 11.7. The molecule has 0 radical (unpaired) electrons. The van der Waals surface area contributed by atoms with Gasteiger partial charge in [0.05, 0.1) is 6.61 Å². The third kappa shape index (κ3) is 8.95. The number of rotatable bonds is 9. The number of ether oxygens (including phenoxy) is 1. The predicted molar refractivity (Wildman–Crippen MR) is 68.9 cm³/mol. The summed E-state index contributed by atoms with van der Waals surface area (Å²) in [5.41, 5.74) is 5.38. The molecule has 0 rings (SSSR count). The van der Waals surface area contributed by atoms with Crippen LogP contribution >= 0.6 is 12.4 Å². The van der Waals surface area contributed by atoms with Crippen molar-refractivity contribution < 1.29 is 9.53 Å². The molecule has 0 aliphatic heterocycles. The summed E-state index contributed by atoms with van der Waals surface area (Å²) in [5.74, 6) is 0.200. The molecule has 4 nitrogen and oxygen atoms in total. The number of amides is 1. The number of hydrogen-bond donors (Lipinski definition) is 1. The number of nitrogens with zero attached hydrogens (tertiary/aromatic N) is 1. The molecule has 16 heavy (non-hydrogen) atoms. The molecule has 0 bridgehead atoms. The molecule has 0 unspecified atom stereocenters. The molecule has 0 saturated heterocycles. The van der Waals surface area contributed by atoms with Gasteiger partial charge in [-0.3, -0.25) is 4.79 Å². The van der Waals surface area contributed by atoms with Crippen LogP contribution in [0.2, 0.25) is 0 Å². The van der Waals surface area contributed by atoms with Gasteiger partial charge in [0.25, 0.3) is 0 Å². The van der Waals surface area contributed by atoms with Crippen molar-refractivity contribution >= 4 is 18.3 Å². The lowest BCUT2D eigenvalue weighted by Gasteiger charge is -2.22. The van der Waals surface area contributed by atoms with Crippen LogP contribution in [0.4, 0.5) is 0 Å². The van der Waals surface area contributed by atoms with Crippen molar-refractivity contribution in [1.29, 1.82) is 0 Å². The van der Waals surface area contributed by atoms with Crippen molar-refractivity contribution in [3.05, 3.63) is 0 Å². The Balaban J connectivity index is 0. The third-order valence-electron chi connectivity index (χ3n) is 2.29. The maximum Gasteiger partial charge on any atom is 0.222 e. The molecule has 2 N–H and O–H groups in total. The SMILES string of the molecule is CCCCN(CCOC)C(=O)CCCN.Cl. The van der Waals surface area contributed by atoms with Crippen LogP contribution < -0.4 is 5.73 Å². The van der Waals surface area contributed by atoms with Gasteiger partial charge in [-0.25, -0.2) is 0 Å². The minimum atomic E-state index is 0. The number of nitrogens with two attached hydrogens (primary N) is 1. The molecule has 0 aromatic carbocycles. The van der Waals surface area contributed by atoms with Crippen molar-refractivity contribution in [2.24, 2.45) is 5.73 Å². The van der Waals surface area contributed by atoms with E-state index in [1.165, 1.54) is 0 Å². The highest BCUT2D eigenvalue weighted by Crippen LogP contribution is 2.00. The molecule has 0 saturated carbocycles. The van der Waals surface area contributed by atoms with Gasteiger partial charge in [0, 0.05) is 26.6 Å². The Bertz CT molecular complexity index is 160. The Kier molecular flexibility index (Phi) is 14.4. The lowest BCUT2D eigenvalue weighted by atomic mass is 10.2. The van der Waals surface area contributed by atoms with Gasteiger partial charge in [0.15, 0.2) is 0 Å². The molecular formula is C11H25ClN2O2. The molecule has 0 atom stereocenters. The first-order chi connectivity index (χ1) is 7.26. The smallest absolute Gasteiger partial charge is 0.222 e. The van der Waals surface area contributed by atoms with E-state index < -0.39 is 0 Å². The molecule has 98 valence electrons. The molecule has 0 aliphatic rings. The summed E-state index contributed by atoms with van der Waals surface area (Å²) in [7, 11) is 1.66. The van der Waals surface area contributed by atoms with E-state index in [0.717, 1.165) is 25.8 Å². The quantitative estimate of drug-likeness (QED) is 0.675. The summed E-state index contributed by atoms with van der Waals surface area (Å²) in [6.45, 7) is 4.84. The summed E-state index contributed by atoms with van der Waals surface area (Å²) < 4.78 is 4.99. The lowest BCUT2D eigenvalue weighted by Crippen LogP contribution is -2.34. The summed E-state index contributed by atoms with van der Waals surface area (Å²) in [6, 6.07) is 0. The van der Waals surface area contributed by atoms with Crippen LogP contribution in [0.1, 0.15) is 32.6 Å². The Morgan fingerprint density at radius 2 is 2.00 bits per heavy atom. The predicted octanol–water partition coefficient (Wildman–Crippen LogP) is 1.42. The van der Waals surface area contributed by atoms with Crippen LogP contribution in [0, 0.1) is 0 Å².